The van der Waals surface area contributed by atoms with Crippen molar-refractivity contribution < 1.29 is 19.8 Å². The molecule has 1 rings (SSSR count). The first-order valence-electron chi connectivity index (χ1n) is 6.97. The average molecular weight is 272 g/mol. The van der Waals surface area contributed by atoms with Crippen molar-refractivity contribution in [2.75, 3.05) is 6.61 Å². The molecule has 0 spiro atoms. The molecule has 1 saturated carbocycles. The molecule has 4 N–H and O–H groups in total. The van der Waals surface area contributed by atoms with E-state index in [1.54, 1.807) is 0 Å². The second kappa shape index (κ2) is 7.99. The molecule has 2 unspecified atom stereocenters. The number of nitrogens with one attached hydrogen (secondary N) is 2. The molecule has 1 aliphatic carbocycles. The zero-order valence-corrected chi connectivity index (χ0v) is 11.4. The van der Waals surface area contributed by atoms with E-state index in [1.807, 2.05) is 0 Å². The van der Waals surface area contributed by atoms with E-state index >= 15 is 0 Å². The molecular formula is C13H24N2O4. The molecule has 0 aromatic heterocycles. The van der Waals surface area contributed by atoms with E-state index in [-0.39, 0.29) is 19.1 Å². The van der Waals surface area contributed by atoms with Gasteiger partial charge in [0, 0.05) is 19.1 Å². The largest absolute Gasteiger partial charge is 0.480 e. The Morgan fingerprint density at radius 3 is 2.68 bits per heavy atom. The molecule has 3 atom stereocenters. The smallest absolute Gasteiger partial charge is 0.326 e. The van der Waals surface area contributed by atoms with E-state index < -0.39 is 18.0 Å². The number of aliphatic hydroxyl groups is 1. The Morgan fingerprint density at radius 2 is 2.11 bits per heavy atom. The predicted octanol–water partition coefficient (Wildman–Crippen LogP) is 1.09. The van der Waals surface area contributed by atoms with Crippen LogP contribution in [-0.2, 0) is 4.79 Å². The number of urea groups is 1. The van der Waals surface area contributed by atoms with E-state index in [2.05, 4.69) is 17.6 Å². The van der Waals surface area contributed by atoms with Crippen molar-refractivity contribution in [2.24, 2.45) is 5.92 Å². The SMILES string of the molecule is CCC1CCCC(NC(=O)N[C@H](CCO)C(=O)O)C1. The fraction of sp³-hybridized carbons (Fsp3) is 0.846. The van der Waals surface area contributed by atoms with Crippen LogP contribution in [-0.4, -0.2) is 40.9 Å². The third-order valence-electron chi connectivity index (χ3n) is 3.72. The number of carboxylic acid groups (broad SMARTS) is 1. The number of aliphatic carboxylic acids is 1. The Balaban J connectivity index is 2.39. The minimum absolute atomic E-state index is 0.0189. The summed E-state index contributed by atoms with van der Waals surface area (Å²) in [7, 11) is 0. The third kappa shape index (κ3) is 5.46. The second-order valence-corrected chi connectivity index (χ2v) is 5.16. The van der Waals surface area contributed by atoms with Gasteiger partial charge in [-0.25, -0.2) is 9.59 Å². The van der Waals surface area contributed by atoms with Gasteiger partial charge in [0.05, 0.1) is 0 Å². The quantitative estimate of drug-likeness (QED) is 0.581. The number of hydrogen-bond acceptors (Lipinski definition) is 3. The van der Waals surface area contributed by atoms with Gasteiger partial charge in [0.1, 0.15) is 6.04 Å². The van der Waals surface area contributed by atoms with Crippen LogP contribution in [0.5, 0.6) is 0 Å². The lowest BCUT2D eigenvalue weighted by molar-refractivity contribution is -0.139. The number of carboxylic acids is 1. The Morgan fingerprint density at radius 1 is 1.37 bits per heavy atom. The van der Waals surface area contributed by atoms with Crippen molar-refractivity contribution in [3.63, 3.8) is 0 Å². The minimum Gasteiger partial charge on any atom is -0.480 e. The van der Waals surface area contributed by atoms with Gasteiger partial charge in [0.25, 0.3) is 0 Å². The topological polar surface area (TPSA) is 98.7 Å². The normalized spacial score (nSPS) is 24.5. The molecule has 0 radical (unpaired) electrons. The van der Waals surface area contributed by atoms with Crippen molar-refractivity contribution in [2.45, 2.75) is 57.5 Å². The Labute approximate surface area is 113 Å². The highest BCUT2D eigenvalue weighted by Crippen LogP contribution is 2.26. The first-order valence-corrected chi connectivity index (χ1v) is 6.97. The van der Waals surface area contributed by atoms with Crippen LogP contribution in [0.2, 0.25) is 0 Å². The summed E-state index contributed by atoms with van der Waals surface area (Å²) in [5, 5.41) is 22.9. The van der Waals surface area contributed by atoms with E-state index in [4.69, 9.17) is 10.2 Å². The van der Waals surface area contributed by atoms with Crippen LogP contribution in [0.4, 0.5) is 4.79 Å². The minimum atomic E-state index is -1.13. The summed E-state index contributed by atoms with van der Waals surface area (Å²) < 4.78 is 0. The fourth-order valence-electron chi connectivity index (χ4n) is 2.56. The number of carbonyl (C=O) groups excluding carboxylic acids is 1. The van der Waals surface area contributed by atoms with Crippen molar-refractivity contribution in [1.82, 2.24) is 10.6 Å². The summed E-state index contributed by atoms with van der Waals surface area (Å²) in [6.07, 6.45) is 5.34. The lowest BCUT2D eigenvalue weighted by Gasteiger charge is -2.29. The van der Waals surface area contributed by atoms with Gasteiger partial charge in [-0.1, -0.05) is 26.2 Å². The molecule has 0 aliphatic heterocycles. The van der Waals surface area contributed by atoms with Gasteiger partial charge in [-0.2, -0.15) is 0 Å². The second-order valence-electron chi connectivity index (χ2n) is 5.16. The molecule has 0 heterocycles. The van der Waals surface area contributed by atoms with Crippen LogP contribution in [0.25, 0.3) is 0 Å². The molecule has 0 bridgehead atoms. The predicted molar refractivity (Wildman–Crippen MR) is 70.8 cm³/mol. The lowest BCUT2D eigenvalue weighted by atomic mass is 9.84. The zero-order valence-electron chi connectivity index (χ0n) is 11.4. The molecule has 2 amide bonds. The van der Waals surface area contributed by atoms with Crippen LogP contribution in [0.1, 0.15) is 45.4 Å². The number of aliphatic hydroxyl groups excluding tert-OH is 1. The first kappa shape index (κ1) is 15.8. The molecule has 6 heteroatoms. The van der Waals surface area contributed by atoms with Crippen molar-refractivity contribution >= 4 is 12.0 Å². The highest BCUT2D eigenvalue weighted by Gasteiger charge is 2.24. The summed E-state index contributed by atoms with van der Waals surface area (Å²) >= 11 is 0. The fourth-order valence-corrected chi connectivity index (χ4v) is 2.56. The van der Waals surface area contributed by atoms with Crippen LogP contribution in [0.3, 0.4) is 0 Å². The molecule has 0 aromatic rings. The van der Waals surface area contributed by atoms with Crippen LogP contribution < -0.4 is 10.6 Å². The Hall–Kier alpha value is -1.30. The highest BCUT2D eigenvalue weighted by molar-refractivity contribution is 5.82. The van der Waals surface area contributed by atoms with Crippen molar-refractivity contribution in [1.29, 1.82) is 0 Å². The van der Waals surface area contributed by atoms with E-state index in [9.17, 15) is 9.59 Å². The Kier molecular flexibility index (Phi) is 6.62. The number of rotatable bonds is 6. The summed E-state index contributed by atoms with van der Waals surface area (Å²) in [6.45, 7) is 1.88. The maximum absolute atomic E-state index is 11.7. The third-order valence-corrected chi connectivity index (χ3v) is 3.72. The average Bonchev–Trinajstić information content (AvgIpc) is 2.38. The van der Waals surface area contributed by atoms with Crippen LogP contribution >= 0.6 is 0 Å². The Bertz CT molecular complexity index is 309. The molecule has 6 nitrogen and oxygen atoms in total. The monoisotopic (exact) mass is 272 g/mol. The van der Waals surface area contributed by atoms with Crippen molar-refractivity contribution in [3.8, 4) is 0 Å². The van der Waals surface area contributed by atoms with Gasteiger partial charge in [0.15, 0.2) is 0 Å². The number of carbonyl (C=O) groups is 2. The van der Waals surface area contributed by atoms with E-state index in [0.717, 1.165) is 25.7 Å². The maximum atomic E-state index is 11.7. The summed E-state index contributed by atoms with van der Waals surface area (Å²) in [4.78, 5) is 22.6. The van der Waals surface area contributed by atoms with E-state index in [1.165, 1.54) is 6.42 Å². The summed E-state index contributed by atoms with van der Waals surface area (Å²) in [5.41, 5.74) is 0. The maximum Gasteiger partial charge on any atom is 0.326 e. The number of amides is 2. The lowest BCUT2D eigenvalue weighted by Crippen LogP contribution is -2.50. The molecule has 1 fully saturated rings. The standard InChI is InChI=1S/C13H24N2O4/c1-2-9-4-3-5-10(8-9)14-13(19)15-11(6-7-16)12(17)18/h9-11,16H,2-8H2,1H3,(H,17,18)(H2,14,15,19)/t9?,10?,11-/m1/s1. The molecule has 110 valence electrons. The van der Waals surface area contributed by atoms with Gasteiger partial charge < -0.3 is 20.8 Å². The summed E-state index contributed by atoms with van der Waals surface area (Å²) in [6, 6.07) is -1.36. The summed E-state index contributed by atoms with van der Waals surface area (Å²) in [5.74, 6) is -0.481. The number of hydrogen-bond donors (Lipinski definition) is 4. The van der Waals surface area contributed by atoms with Gasteiger partial charge in [-0.05, 0) is 18.8 Å². The molecule has 0 saturated heterocycles. The molecule has 0 aromatic carbocycles. The van der Waals surface area contributed by atoms with Crippen molar-refractivity contribution in [3.05, 3.63) is 0 Å². The molecular weight excluding hydrogens is 248 g/mol. The van der Waals surface area contributed by atoms with Gasteiger partial charge >= 0.3 is 12.0 Å². The first-order chi connectivity index (χ1) is 9.06. The highest BCUT2D eigenvalue weighted by atomic mass is 16.4. The van der Waals surface area contributed by atoms with Gasteiger partial charge in [0.2, 0.25) is 0 Å². The zero-order chi connectivity index (χ0) is 14.3. The van der Waals surface area contributed by atoms with E-state index in [0.29, 0.717) is 5.92 Å². The van der Waals surface area contributed by atoms with Gasteiger partial charge in [-0.3, -0.25) is 0 Å². The molecule has 1 aliphatic rings. The van der Waals surface area contributed by atoms with Crippen LogP contribution in [0, 0.1) is 5.92 Å². The van der Waals surface area contributed by atoms with Crippen LogP contribution in [0.15, 0.2) is 0 Å². The molecule has 19 heavy (non-hydrogen) atoms. The van der Waals surface area contributed by atoms with Gasteiger partial charge in [-0.15, -0.1) is 0 Å².